The summed E-state index contributed by atoms with van der Waals surface area (Å²) in [5.74, 6) is 0.145. The highest BCUT2D eigenvalue weighted by Crippen LogP contribution is 2.42. The van der Waals surface area contributed by atoms with Gasteiger partial charge in [0.15, 0.2) is 6.61 Å². The van der Waals surface area contributed by atoms with Crippen molar-refractivity contribution in [2.45, 2.75) is 6.18 Å². The van der Waals surface area contributed by atoms with Crippen LogP contribution in [0, 0.1) is 0 Å². The molecule has 0 aromatic heterocycles. The molecular formula is C15H8Cl2F3NO2. The first-order valence-corrected chi connectivity index (χ1v) is 7.14. The number of carbonyl (C=O) groups is 1. The van der Waals surface area contributed by atoms with Gasteiger partial charge in [0.2, 0.25) is 0 Å². The number of anilines is 1. The summed E-state index contributed by atoms with van der Waals surface area (Å²) >= 11 is 12.0. The number of hydrogen-bond donors (Lipinski definition) is 1. The maximum absolute atomic E-state index is 12.8. The molecule has 0 radical (unpaired) electrons. The number of hydrogen-bond acceptors (Lipinski definition) is 2. The Labute approximate surface area is 139 Å². The van der Waals surface area contributed by atoms with Crippen LogP contribution in [-0.4, -0.2) is 12.5 Å². The highest BCUT2D eigenvalue weighted by atomic mass is 35.5. The van der Waals surface area contributed by atoms with Crippen molar-refractivity contribution in [2.75, 3.05) is 11.9 Å². The Morgan fingerprint density at radius 1 is 1.09 bits per heavy atom. The van der Waals surface area contributed by atoms with Crippen LogP contribution in [0.3, 0.4) is 0 Å². The zero-order valence-electron chi connectivity index (χ0n) is 11.3. The maximum Gasteiger partial charge on any atom is 0.416 e. The average Bonchev–Trinajstić information content (AvgIpc) is 2.45. The predicted molar refractivity (Wildman–Crippen MR) is 81.0 cm³/mol. The summed E-state index contributed by atoms with van der Waals surface area (Å²) in [6.45, 7) is -0.0891. The van der Waals surface area contributed by atoms with E-state index in [0.717, 1.165) is 12.1 Å². The molecule has 8 heteroatoms. The van der Waals surface area contributed by atoms with Gasteiger partial charge in [-0.15, -0.1) is 0 Å². The van der Waals surface area contributed by atoms with Gasteiger partial charge in [-0.2, -0.15) is 13.2 Å². The molecule has 0 bridgehead atoms. The van der Waals surface area contributed by atoms with Gasteiger partial charge in [-0.3, -0.25) is 4.79 Å². The summed E-state index contributed by atoms with van der Waals surface area (Å²) in [5, 5.41) is 2.35. The van der Waals surface area contributed by atoms with E-state index in [9.17, 15) is 18.0 Å². The molecule has 2 aromatic carbocycles. The molecule has 23 heavy (non-hydrogen) atoms. The second-order valence-electron chi connectivity index (χ2n) is 4.86. The van der Waals surface area contributed by atoms with E-state index in [2.05, 4.69) is 5.32 Å². The van der Waals surface area contributed by atoms with Crippen LogP contribution in [0.25, 0.3) is 11.1 Å². The molecule has 0 saturated carbocycles. The fraction of sp³-hybridized carbons (Fsp3) is 0.133. The minimum Gasteiger partial charge on any atom is -0.482 e. The quantitative estimate of drug-likeness (QED) is 0.775. The van der Waals surface area contributed by atoms with Crippen LogP contribution >= 0.6 is 23.2 Å². The Balaban J connectivity index is 2.09. The van der Waals surface area contributed by atoms with Gasteiger partial charge >= 0.3 is 6.18 Å². The Morgan fingerprint density at radius 2 is 1.74 bits per heavy atom. The second kappa shape index (κ2) is 5.62. The molecule has 1 aliphatic heterocycles. The van der Waals surface area contributed by atoms with Crippen molar-refractivity contribution >= 4 is 34.8 Å². The smallest absolute Gasteiger partial charge is 0.416 e. The number of alkyl halides is 3. The first-order valence-electron chi connectivity index (χ1n) is 6.39. The molecule has 3 nitrogen and oxygen atoms in total. The first kappa shape index (κ1) is 16.0. The highest BCUT2D eigenvalue weighted by Gasteiger charge is 2.32. The molecule has 0 saturated heterocycles. The van der Waals surface area contributed by atoms with Crippen LogP contribution in [0.15, 0.2) is 30.3 Å². The average molecular weight is 362 g/mol. The van der Waals surface area contributed by atoms with E-state index in [1.54, 1.807) is 18.2 Å². The predicted octanol–water partition coefficient (Wildman–Crippen LogP) is 5.01. The largest absolute Gasteiger partial charge is 0.482 e. The zero-order valence-corrected chi connectivity index (χ0v) is 12.8. The van der Waals surface area contributed by atoms with Gasteiger partial charge in [0.25, 0.3) is 5.91 Å². The lowest BCUT2D eigenvalue weighted by Crippen LogP contribution is -2.25. The van der Waals surface area contributed by atoms with Gasteiger partial charge in [0.05, 0.1) is 21.3 Å². The van der Waals surface area contributed by atoms with Crippen LogP contribution in [0.1, 0.15) is 5.56 Å². The summed E-state index contributed by atoms with van der Waals surface area (Å²) in [4.78, 5) is 11.3. The number of carbonyl (C=O) groups excluding carboxylic acids is 1. The van der Waals surface area contributed by atoms with E-state index in [-0.39, 0.29) is 28.1 Å². The molecule has 0 spiro atoms. The van der Waals surface area contributed by atoms with Crippen molar-refractivity contribution in [1.29, 1.82) is 0 Å². The number of rotatable bonds is 1. The van der Waals surface area contributed by atoms with Crippen molar-refractivity contribution in [2.24, 2.45) is 0 Å². The van der Waals surface area contributed by atoms with Crippen LogP contribution in [0.2, 0.25) is 10.0 Å². The maximum atomic E-state index is 12.8. The summed E-state index contributed by atoms with van der Waals surface area (Å²) in [6, 6.07) is 6.38. The number of fused-ring (bicyclic) bond motifs is 1. The van der Waals surface area contributed by atoms with E-state index in [4.69, 9.17) is 27.9 Å². The third-order valence-corrected chi connectivity index (χ3v) is 3.87. The van der Waals surface area contributed by atoms with Crippen LogP contribution in [-0.2, 0) is 11.0 Å². The van der Waals surface area contributed by atoms with Gasteiger partial charge in [-0.25, -0.2) is 0 Å². The molecule has 0 aliphatic carbocycles. The first-order chi connectivity index (χ1) is 10.8. The van der Waals surface area contributed by atoms with Crippen LogP contribution in [0.5, 0.6) is 5.75 Å². The van der Waals surface area contributed by atoms with Crippen molar-refractivity contribution in [3.8, 4) is 16.9 Å². The lowest BCUT2D eigenvalue weighted by molar-refractivity contribution is -0.137. The third-order valence-electron chi connectivity index (χ3n) is 3.27. The lowest BCUT2D eigenvalue weighted by Gasteiger charge is -2.19. The van der Waals surface area contributed by atoms with E-state index in [1.165, 1.54) is 0 Å². The molecule has 0 atom stereocenters. The Bertz CT molecular complexity index is 783. The SMILES string of the molecule is O=C1COc2ccc(-c3c(Cl)cc(C(F)(F)F)cc3Cl)cc2N1. The molecule has 120 valence electrons. The Morgan fingerprint density at radius 3 is 2.35 bits per heavy atom. The van der Waals surface area contributed by atoms with Crippen LogP contribution < -0.4 is 10.1 Å². The highest BCUT2D eigenvalue weighted by molar-refractivity contribution is 6.39. The Kier molecular flexibility index (Phi) is 3.90. The molecule has 1 amide bonds. The molecule has 0 fully saturated rings. The standard InChI is InChI=1S/C15H8Cl2F3NO2/c16-9-4-8(15(18,19)20)5-10(17)14(9)7-1-2-12-11(3-7)21-13(22)6-23-12/h1-5H,6H2,(H,21,22). The molecule has 1 aliphatic rings. The van der Waals surface area contributed by atoms with Gasteiger partial charge in [0, 0.05) is 5.56 Å². The van der Waals surface area contributed by atoms with Crippen molar-refractivity contribution in [1.82, 2.24) is 0 Å². The molecule has 0 unspecified atom stereocenters. The summed E-state index contributed by atoms with van der Waals surface area (Å²) < 4.78 is 43.5. The number of amides is 1. The zero-order chi connectivity index (χ0) is 16.8. The number of ether oxygens (including phenoxy) is 1. The molecule has 2 aromatic rings. The summed E-state index contributed by atoms with van der Waals surface area (Å²) in [5.41, 5.74) is 0.207. The number of benzene rings is 2. The fourth-order valence-electron chi connectivity index (χ4n) is 2.25. The minimum atomic E-state index is -4.54. The molecule has 3 rings (SSSR count). The summed E-state index contributed by atoms with van der Waals surface area (Å²) in [7, 11) is 0. The number of halogens is 5. The topological polar surface area (TPSA) is 38.3 Å². The number of nitrogens with one attached hydrogen (secondary N) is 1. The van der Waals surface area contributed by atoms with Crippen LogP contribution in [0.4, 0.5) is 18.9 Å². The minimum absolute atomic E-state index is 0.0891. The van der Waals surface area contributed by atoms with Gasteiger partial charge in [-0.1, -0.05) is 29.3 Å². The van der Waals surface area contributed by atoms with Crippen molar-refractivity contribution in [3.63, 3.8) is 0 Å². The third kappa shape index (κ3) is 3.09. The molecule has 1 heterocycles. The van der Waals surface area contributed by atoms with E-state index < -0.39 is 11.7 Å². The van der Waals surface area contributed by atoms with Gasteiger partial charge in [-0.05, 0) is 29.8 Å². The van der Waals surface area contributed by atoms with E-state index >= 15 is 0 Å². The molecular weight excluding hydrogens is 354 g/mol. The monoisotopic (exact) mass is 361 g/mol. The van der Waals surface area contributed by atoms with Gasteiger partial charge in [0.1, 0.15) is 5.75 Å². The normalized spacial score (nSPS) is 14.0. The van der Waals surface area contributed by atoms with E-state index in [1.807, 2.05) is 0 Å². The Hall–Kier alpha value is -1.92. The van der Waals surface area contributed by atoms with E-state index in [0.29, 0.717) is 17.0 Å². The fourth-order valence-corrected chi connectivity index (χ4v) is 2.96. The van der Waals surface area contributed by atoms with Crippen molar-refractivity contribution in [3.05, 3.63) is 45.9 Å². The lowest BCUT2D eigenvalue weighted by atomic mass is 10.0. The van der Waals surface area contributed by atoms with Gasteiger partial charge < -0.3 is 10.1 Å². The second-order valence-corrected chi connectivity index (χ2v) is 5.67. The van der Waals surface area contributed by atoms with Crippen molar-refractivity contribution < 1.29 is 22.7 Å². The summed E-state index contributed by atoms with van der Waals surface area (Å²) in [6.07, 6.45) is -4.54. The molecule has 1 N–H and O–H groups in total.